The molecule has 3 rings (SSSR count). The van der Waals surface area contributed by atoms with Gasteiger partial charge in [-0.15, -0.1) is 0 Å². The minimum absolute atomic E-state index is 0.128. The number of hydrogen-bond donors (Lipinski definition) is 2. The molecular weight excluding hydrogens is 298 g/mol. The van der Waals surface area contributed by atoms with E-state index in [9.17, 15) is 0 Å². The number of nitrogens with zero attached hydrogens (tertiary/aromatic N) is 3. The Morgan fingerprint density at radius 2 is 1.27 bits per heavy atom. The zero-order valence-electron chi connectivity index (χ0n) is 11.9. The van der Waals surface area contributed by atoms with E-state index in [-0.39, 0.29) is 5.28 Å². The van der Waals surface area contributed by atoms with Crippen LogP contribution in [0.25, 0.3) is 0 Å². The Morgan fingerprint density at radius 3 is 1.86 bits per heavy atom. The SMILES string of the molecule is Cc1ccc(Nc2nc(Cl)nc(Nc3ccccc3)n2)cc1. The van der Waals surface area contributed by atoms with Gasteiger partial charge in [0.05, 0.1) is 0 Å². The number of aryl methyl sites for hydroxylation is 1. The lowest BCUT2D eigenvalue weighted by atomic mass is 10.2. The van der Waals surface area contributed by atoms with Crippen LogP contribution in [0, 0.1) is 6.92 Å². The van der Waals surface area contributed by atoms with E-state index in [1.54, 1.807) is 0 Å². The van der Waals surface area contributed by atoms with E-state index in [4.69, 9.17) is 11.6 Å². The number of anilines is 4. The molecule has 0 aliphatic carbocycles. The molecule has 0 spiro atoms. The van der Waals surface area contributed by atoms with Crippen LogP contribution < -0.4 is 10.6 Å². The van der Waals surface area contributed by atoms with Gasteiger partial charge in [0.2, 0.25) is 17.2 Å². The first kappa shape index (κ1) is 14.3. The summed E-state index contributed by atoms with van der Waals surface area (Å²) in [7, 11) is 0. The van der Waals surface area contributed by atoms with Crippen LogP contribution in [-0.2, 0) is 0 Å². The van der Waals surface area contributed by atoms with Gasteiger partial charge in [-0.3, -0.25) is 0 Å². The Morgan fingerprint density at radius 1 is 0.727 bits per heavy atom. The van der Waals surface area contributed by atoms with Crippen LogP contribution in [0.5, 0.6) is 0 Å². The van der Waals surface area contributed by atoms with Crippen molar-refractivity contribution in [2.45, 2.75) is 6.92 Å². The molecule has 5 nitrogen and oxygen atoms in total. The average Bonchev–Trinajstić information content (AvgIpc) is 2.50. The number of rotatable bonds is 4. The highest BCUT2D eigenvalue weighted by atomic mass is 35.5. The van der Waals surface area contributed by atoms with Gasteiger partial charge in [0, 0.05) is 11.4 Å². The van der Waals surface area contributed by atoms with Gasteiger partial charge in [-0.1, -0.05) is 35.9 Å². The van der Waals surface area contributed by atoms with Crippen LogP contribution in [-0.4, -0.2) is 15.0 Å². The molecule has 0 atom stereocenters. The van der Waals surface area contributed by atoms with Crippen LogP contribution >= 0.6 is 11.6 Å². The van der Waals surface area contributed by atoms with Crippen molar-refractivity contribution < 1.29 is 0 Å². The lowest BCUT2D eigenvalue weighted by molar-refractivity contribution is 1.06. The number of para-hydroxylation sites is 1. The molecule has 0 saturated heterocycles. The largest absolute Gasteiger partial charge is 0.324 e. The second kappa shape index (κ2) is 6.41. The van der Waals surface area contributed by atoms with Crippen molar-refractivity contribution in [3.05, 3.63) is 65.4 Å². The van der Waals surface area contributed by atoms with Gasteiger partial charge in [-0.05, 0) is 42.8 Å². The summed E-state index contributed by atoms with van der Waals surface area (Å²) >= 11 is 5.97. The standard InChI is InChI=1S/C16H14ClN5/c1-11-7-9-13(10-8-11)19-16-21-14(17)20-15(22-16)18-12-5-3-2-4-6-12/h2-10H,1H3,(H2,18,19,20,21,22). The maximum absolute atomic E-state index is 5.97. The Labute approximate surface area is 133 Å². The molecule has 3 aromatic rings. The highest BCUT2D eigenvalue weighted by molar-refractivity contribution is 6.28. The summed E-state index contributed by atoms with van der Waals surface area (Å²) in [5.74, 6) is 0.781. The topological polar surface area (TPSA) is 62.7 Å². The number of aromatic nitrogens is 3. The summed E-state index contributed by atoms with van der Waals surface area (Å²) in [5, 5.41) is 6.33. The van der Waals surface area contributed by atoms with Gasteiger partial charge in [0.25, 0.3) is 0 Å². The Kier molecular flexibility index (Phi) is 4.16. The number of nitrogens with one attached hydrogen (secondary N) is 2. The third-order valence-corrected chi connectivity index (χ3v) is 3.11. The van der Waals surface area contributed by atoms with Crippen molar-refractivity contribution in [2.24, 2.45) is 0 Å². The van der Waals surface area contributed by atoms with Crippen molar-refractivity contribution in [1.29, 1.82) is 0 Å². The predicted octanol–water partition coefficient (Wildman–Crippen LogP) is 4.32. The Bertz CT molecular complexity index is 759. The van der Waals surface area contributed by atoms with Crippen molar-refractivity contribution in [3.8, 4) is 0 Å². The minimum atomic E-state index is 0.128. The number of hydrogen-bond acceptors (Lipinski definition) is 5. The first-order chi connectivity index (χ1) is 10.7. The molecule has 1 heterocycles. The van der Waals surface area contributed by atoms with E-state index in [1.165, 1.54) is 5.56 Å². The van der Waals surface area contributed by atoms with E-state index >= 15 is 0 Å². The fourth-order valence-corrected chi connectivity index (χ4v) is 2.04. The fraction of sp³-hybridized carbons (Fsp3) is 0.0625. The fourth-order valence-electron chi connectivity index (χ4n) is 1.88. The van der Waals surface area contributed by atoms with Crippen LogP contribution in [0.2, 0.25) is 5.28 Å². The zero-order chi connectivity index (χ0) is 15.4. The lowest BCUT2D eigenvalue weighted by Crippen LogP contribution is -2.03. The molecule has 110 valence electrons. The van der Waals surface area contributed by atoms with E-state index in [0.717, 1.165) is 11.4 Å². The van der Waals surface area contributed by atoms with Crippen molar-refractivity contribution >= 4 is 34.9 Å². The second-order valence-electron chi connectivity index (χ2n) is 4.73. The maximum Gasteiger partial charge on any atom is 0.233 e. The number of benzene rings is 2. The molecule has 0 unspecified atom stereocenters. The highest BCUT2D eigenvalue weighted by Gasteiger charge is 2.06. The van der Waals surface area contributed by atoms with E-state index in [2.05, 4.69) is 25.6 Å². The molecule has 0 aliphatic rings. The third kappa shape index (κ3) is 3.71. The zero-order valence-corrected chi connectivity index (χ0v) is 12.7. The molecule has 2 aromatic carbocycles. The highest BCUT2D eigenvalue weighted by Crippen LogP contribution is 2.18. The third-order valence-electron chi connectivity index (χ3n) is 2.95. The smallest absolute Gasteiger partial charge is 0.233 e. The summed E-state index contributed by atoms with van der Waals surface area (Å²) in [6, 6.07) is 17.6. The first-order valence-corrected chi connectivity index (χ1v) is 7.14. The summed E-state index contributed by atoms with van der Waals surface area (Å²) in [5.41, 5.74) is 2.95. The van der Waals surface area contributed by atoms with E-state index in [1.807, 2.05) is 61.5 Å². The van der Waals surface area contributed by atoms with Crippen molar-refractivity contribution in [3.63, 3.8) is 0 Å². The van der Waals surface area contributed by atoms with Crippen molar-refractivity contribution in [1.82, 2.24) is 15.0 Å². The Balaban J connectivity index is 1.82. The molecule has 0 radical (unpaired) electrons. The minimum Gasteiger partial charge on any atom is -0.324 e. The van der Waals surface area contributed by atoms with Crippen LogP contribution in [0.15, 0.2) is 54.6 Å². The molecule has 0 amide bonds. The van der Waals surface area contributed by atoms with Gasteiger partial charge >= 0.3 is 0 Å². The van der Waals surface area contributed by atoms with Crippen molar-refractivity contribution in [2.75, 3.05) is 10.6 Å². The average molecular weight is 312 g/mol. The van der Waals surface area contributed by atoms with Crippen LogP contribution in [0.3, 0.4) is 0 Å². The molecule has 22 heavy (non-hydrogen) atoms. The monoisotopic (exact) mass is 311 g/mol. The molecule has 0 saturated carbocycles. The van der Waals surface area contributed by atoms with Gasteiger partial charge in [-0.2, -0.15) is 15.0 Å². The first-order valence-electron chi connectivity index (χ1n) is 6.76. The molecule has 1 aromatic heterocycles. The van der Waals surface area contributed by atoms with E-state index in [0.29, 0.717) is 11.9 Å². The van der Waals surface area contributed by atoms with Gasteiger partial charge < -0.3 is 10.6 Å². The molecule has 2 N–H and O–H groups in total. The van der Waals surface area contributed by atoms with E-state index < -0.39 is 0 Å². The summed E-state index contributed by atoms with van der Waals surface area (Å²) in [6.45, 7) is 2.03. The Hall–Kier alpha value is -2.66. The molecule has 6 heteroatoms. The predicted molar refractivity (Wildman–Crippen MR) is 89.0 cm³/mol. The summed E-state index contributed by atoms with van der Waals surface area (Å²) < 4.78 is 0. The maximum atomic E-state index is 5.97. The molecule has 0 fully saturated rings. The number of halogens is 1. The van der Waals surface area contributed by atoms with Gasteiger partial charge in [0.15, 0.2) is 0 Å². The second-order valence-corrected chi connectivity index (χ2v) is 5.07. The summed E-state index contributed by atoms with van der Waals surface area (Å²) in [4.78, 5) is 12.5. The molecule has 0 bridgehead atoms. The molecular formula is C16H14ClN5. The normalized spacial score (nSPS) is 10.3. The molecule has 0 aliphatic heterocycles. The quantitative estimate of drug-likeness (QED) is 0.751. The lowest BCUT2D eigenvalue weighted by Gasteiger charge is -2.08. The van der Waals surface area contributed by atoms with Crippen LogP contribution in [0.1, 0.15) is 5.56 Å². The van der Waals surface area contributed by atoms with Gasteiger partial charge in [-0.25, -0.2) is 0 Å². The van der Waals surface area contributed by atoms with Crippen LogP contribution in [0.4, 0.5) is 23.3 Å². The summed E-state index contributed by atoms with van der Waals surface area (Å²) in [6.07, 6.45) is 0. The van der Waals surface area contributed by atoms with Gasteiger partial charge in [0.1, 0.15) is 0 Å².